The van der Waals surface area contributed by atoms with Crippen molar-refractivity contribution in [2.45, 2.75) is 34.1 Å². The van der Waals surface area contributed by atoms with Gasteiger partial charge in [0, 0.05) is 32.4 Å². The number of hydrogen-bond donors (Lipinski definition) is 0. The average molecular weight is 225 g/mol. The number of aryl methyl sites for hydroxylation is 1. The molecule has 1 rings (SSSR count). The molecule has 5 heteroatoms. The van der Waals surface area contributed by atoms with E-state index in [1.165, 1.54) is 0 Å². The maximum atomic E-state index is 11.9. The number of hydrogen-bond acceptors (Lipinski definition) is 4. The Hall–Kier alpha value is -1.39. The quantitative estimate of drug-likeness (QED) is 0.780. The standard InChI is InChI=1S/C11H19N3O2/c1-8-12-9(13-16-8)6-7-14(5)10(15)11(2,3)4/h6-7H2,1-5H3. The minimum absolute atomic E-state index is 0.118. The van der Waals surface area contributed by atoms with E-state index in [1.807, 2.05) is 20.8 Å². The van der Waals surface area contributed by atoms with Gasteiger partial charge in [0.15, 0.2) is 5.82 Å². The second kappa shape index (κ2) is 4.63. The van der Waals surface area contributed by atoms with Gasteiger partial charge < -0.3 is 9.42 Å². The van der Waals surface area contributed by atoms with Crippen molar-refractivity contribution in [2.75, 3.05) is 13.6 Å². The molecule has 0 N–H and O–H groups in total. The van der Waals surface area contributed by atoms with Crippen LogP contribution in [0.4, 0.5) is 0 Å². The molecule has 0 saturated carbocycles. The molecule has 0 atom stereocenters. The van der Waals surface area contributed by atoms with Crippen LogP contribution in [0, 0.1) is 12.3 Å². The van der Waals surface area contributed by atoms with Crippen LogP contribution in [-0.2, 0) is 11.2 Å². The van der Waals surface area contributed by atoms with Gasteiger partial charge in [-0.15, -0.1) is 0 Å². The first kappa shape index (κ1) is 12.7. The predicted molar refractivity (Wildman–Crippen MR) is 59.8 cm³/mol. The number of aromatic nitrogens is 2. The largest absolute Gasteiger partial charge is 0.345 e. The molecule has 0 fully saturated rings. The fourth-order valence-corrected chi connectivity index (χ4v) is 1.38. The highest BCUT2D eigenvalue weighted by atomic mass is 16.5. The number of rotatable bonds is 3. The normalized spacial score (nSPS) is 11.6. The zero-order valence-electron chi connectivity index (χ0n) is 10.6. The highest BCUT2D eigenvalue weighted by Gasteiger charge is 2.24. The first-order valence-electron chi connectivity index (χ1n) is 5.35. The number of amides is 1. The van der Waals surface area contributed by atoms with Gasteiger partial charge >= 0.3 is 0 Å². The summed E-state index contributed by atoms with van der Waals surface area (Å²) >= 11 is 0. The summed E-state index contributed by atoms with van der Waals surface area (Å²) in [6.07, 6.45) is 0.621. The molecular formula is C11H19N3O2. The van der Waals surface area contributed by atoms with Crippen LogP contribution in [0.3, 0.4) is 0 Å². The van der Waals surface area contributed by atoms with Gasteiger partial charge in [0.05, 0.1) is 0 Å². The van der Waals surface area contributed by atoms with Crippen LogP contribution in [-0.4, -0.2) is 34.5 Å². The van der Waals surface area contributed by atoms with Crippen molar-refractivity contribution in [3.05, 3.63) is 11.7 Å². The van der Waals surface area contributed by atoms with E-state index in [4.69, 9.17) is 4.52 Å². The highest BCUT2D eigenvalue weighted by Crippen LogP contribution is 2.16. The molecular weight excluding hydrogens is 206 g/mol. The van der Waals surface area contributed by atoms with Gasteiger partial charge in [-0.25, -0.2) is 0 Å². The molecule has 1 heterocycles. The Labute approximate surface area is 95.8 Å². The summed E-state index contributed by atoms with van der Waals surface area (Å²) in [4.78, 5) is 17.6. The van der Waals surface area contributed by atoms with Gasteiger partial charge in [-0.1, -0.05) is 25.9 Å². The van der Waals surface area contributed by atoms with Crippen LogP contribution < -0.4 is 0 Å². The molecule has 0 aliphatic carbocycles. The highest BCUT2D eigenvalue weighted by molar-refractivity contribution is 5.81. The minimum Gasteiger partial charge on any atom is -0.345 e. The molecule has 1 amide bonds. The first-order chi connectivity index (χ1) is 7.30. The van der Waals surface area contributed by atoms with Gasteiger partial charge in [0.1, 0.15) is 0 Å². The Kier molecular flexibility index (Phi) is 3.67. The zero-order chi connectivity index (χ0) is 12.3. The van der Waals surface area contributed by atoms with Crippen molar-refractivity contribution in [1.29, 1.82) is 0 Å². The summed E-state index contributed by atoms with van der Waals surface area (Å²) < 4.78 is 4.86. The van der Waals surface area contributed by atoms with Crippen LogP contribution in [0.25, 0.3) is 0 Å². The molecule has 0 radical (unpaired) electrons. The van der Waals surface area contributed by atoms with Crippen LogP contribution in [0.5, 0.6) is 0 Å². The molecule has 0 bridgehead atoms. The van der Waals surface area contributed by atoms with Crippen molar-refractivity contribution < 1.29 is 9.32 Å². The number of carbonyl (C=O) groups is 1. The lowest BCUT2D eigenvalue weighted by molar-refractivity contribution is -0.138. The van der Waals surface area contributed by atoms with E-state index in [9.17, 15) is 4.79 Å². The van der Waals surface area contributed by atoms with Gasteiger partial charge in [0.25, 0.3) is 0 Å². The third-order valence-corrected chi connectivity index (χ3v) is 2.23. The van der Waals surface area contributed by atoms with E-state index in [0.717, 1.165) is 0 Å². The summed E-state index contributed by atoms with van der Waals surface area (Å²) in [5, 5.41) is 3.79. The van der Waals surface area contributed by atoms with Crippen molar-refractivity contribution in [2.24, 2.45) is 5.41 Å². The Morgan fingerprint density at radius 2 is 2.06 bits per heavy atom. The molecule has 90 valence electrons. The third-order valence-electron chi connectivity index (χ3n) is 2.23. The van der Waals surface area contributed by atoms with Gasteiger partial charge in [0.2, 0.25) is 11.8 Å². The lowest BCUT2D eigenvalue weighted by Crippen LogP contribution is -2.37. The van der Waals surface area contributed by atoms with Gasteiger partial charge in [-0.05, 0) is 0 Å². The van der Waals surface area contributed by atoms with Crippen molar-refractivity contribution >= 4 is 5.91 Å². The van der Waals surface area contributed by atoms with E-state index in [2.05, 4.69) is 10.1 Å². The third kappa shape index (κ3) is 3.32. The second-order valence-corrected chi connectivity index (χ2v) is 4.96. The Bertz CT molecular complexity index is 366. The minimum atomic E-state index is -0.345. The van der Waals surface area contributed by atoms with Crippen LogP contribution in [0.15, 0.2) is 4.52 Å². The maximum absolute atomic E-state index is 11.9. The van der Waals surface area contributed by atoms with E-state index in [1.54, 1.807) is 18.9 Å². The van der Waals surface area contributed by atoms with Crippen LogP contribution in [0.1, 0.15) is 32.5 Å². The molecule has 1 aromatic heterocycles. The second-order valence-electron chi connectivity index (χ2n) is 4.96. The average Bonchev–Trinajstić information content (AvgIpc) is 2.58. The predicted octanol–water partition coefficient (Wildman–Crippen LogP) is 1.43. The SMILES string of the molecule is Cc1nc(CCN(C)C(=O)C(C)(C)C)no1. The molecule has 16 heavy (non-hydrogen) atoms. The molecule has 5 nitrogen and oxygen atoms in total. The molecule has 0 aliphatic rings. The molecule has 0 unspecified atom stereocenters. The molecule has 0 saturated heterocycles. The molecule has 1 aromatic rings. The summed E-state index contributed by atoms with van der Waals surface area (Å²) in [5.74, 6) is 1.32. The van der Waals surface area contributed by atoms with E-state index in [0.29, 0.717) is 24.7 Å². The molecule has 0 aliphatic heterocycles. The Balaban J connectivity index is 2.47. The van der Waals surface area contributed by atoms with Crippen LogP contribution in [0.2, 0.25) is 0 Å². The fraction of sp³-hybridized carbons (Fsp3) is 0.727. The van der Waals surface area contributed by atoms with E-state index >= 15 is 0 Å². The van der Waals surface area contributed by atoms with Crippen molar-refractivity contribution in [3.8, 4) is 0 Å². The topological polar surface area (TPSA) is 59.2 Å². The number of carbonyl (C=O) groups excluding carboxylic acids is 1. The maximum Gasteiger partial charge on any atom is 0.227 e. The van der Waals surface area contributed by atoms with E-state index in [-0.39, 0.29) is 11.3 Å². The Morgan fingerprint density at radius 3 is 2.50 bits per heavy atom. The number of nitrogens with zero attached hydrogens (tertiary/aromatic N) is 3. The van der Waals surface area contributed by atoms with E-state index < -0.39 is 0 Å². The number of likely N-dealkylation sites (N-methyl/N-ethyl adjacent to an activating group) is 1. The smallest absolute Gasteiger partial charge is 0.227 e. The zero-order valence-corrected chi connectivity index (χ0v) is 10.6. The lowest BCUT2D eigenvalue weighted by atomic mass is 9.95. The summed E-state index contributed by atoms with van der Waals surface area (Å²) in [6, 6.07) is 0. The van der Waals surface area contributed by atoms with Crippen molar-refractivity contribution in [1.82, 2.24) is 15.0 Å². The van der Waals surface area contributed by atoms with Gasteiger partial charge in [-0.3, -0.25) is 4.79 Å². The lowest BCUT2D eigenvalue weighted by Gasteiger charge is -2.25. The summed E-state index contributed by atoms with van der Waals surface area (Å²) in [6.45, 7) is 8.08. The van der Waals surface area contributed by atoms with Gasteiger partial charge in [-0.2, -0.15) is 4.98 Å². The molecule has 0 spiro atoms. The van der Waals surface area contributed by atoms with Crippen molar-refractivity contribution in [3.63, 3.8) is 0 Å². The summed E-state index contributed by atoms with van der Waals surface area (Å²) in [5.41, 5.74) is -0.345. The van der Waals surface area contributed by atoms with Crippen LogP contribution >= 0.6 is 0 Å². The fourth-order valence-electron chi connectivity index (χ4n) is 1.38. The molecule has 0 aromatic carbocycles. The monoisotopic (exact) mass is 225 g/mol. The Morgan fingerprint density at radius 1 is 1.44 bits per heavy atom. The summed E-state index contributed by atoms with van der Waals surface area (Å²) in [7, 11) is 1.79. The first-order valence-corrected chi connectivity index (χ1v) is 5.35.